The van der Waals surface area contributed by atoms with Gasteiger partial charge in [0, 0.05) is 37.8 Å². The average molecular weight is 452 g/mol. The van der Waals surface area contributed by atoms with Crippen molar-refractivity contribution in [1.29, 1.82) is 0 Å². The summed E-state index contributed by atoms with van der Waals surface area (Å²) in [6, 6.07) is 12.8. The second-order valence-electron chi connectivity index (χ2n) is 7.57. The highest BCUT2D eigenvalue weighted by molar-refractivity contribution is 7.15. The summed E-state index contributed by atoms with van der Waals surface area (Å²) in [5.41, 5.74) is 8.93. The van der Waals surface area contributed by atoms with Crippen molar-refractivity contribution in [3.05, 3.63) is 71.1 Å². The molecule has 2 atom stereocenters. The number of carbonyl (C=O) groups excluding carboxylic acids is 2. The molecule has 2 amide bonds. The van der Waals surface area contributed by atoms with E-state index in [0.29, 0.717) is 25.8 Å². The number of aryl methyl sites for hydroxylation is 1. The minimum Gasteiger partial charge on any atom is -0.350 e. The molecule has 4 N–H and O–H groups in total. The van der Waals surface area contributed by atoms with Crippen molar-refractivity contribution in [2.75, 3.05) is 6.54 Å². The molecule has 0 radical (unpaired) electrons. The third-order valence-electron chi connectivity index (χ3n) is 5.09. The van der Waals surface area contributed by atoms with E-state index in [1.54, 1.807) is 19.3 Å². The number of pyridine rings is 1. The minimum absolute atomic E-state index is 0.180. The molecule has 0 spiro atoms. The van der Waals surface area contributed by atoms with Crippen molar-refractivity contribution >= 4 is 23.2 Å². The van der Waals surface area contributed by atoms with Crippen LogP contribution >= 0.6 is 11.3 Å². The van der Waals surface area contributed by atoms with E-state index in [1.165, 1.54) is 11.3 Å². The molecule has 0 saturated carbocycles. The first-order chi connectivity index (χ1) is 15.5. The predicted octanol–water partition coefficient (Wildman–Crippen LogP) is 2.64. The molecular formula is C24H29N5O2S. The van der Waals surface area contributed by atoms with Gasteiger partial charge >= 0.3 is 0 Å². The van der Waals surface area contributed by atoms with Gasteiger partial charge < -0.3 is 16.4 Å². The second kappa shape index (κ2) is 11.5. The Hall–Kier alpha value is -3.10. The van der Waals surface area contributed by atoms with Gasteiger partial charge in [-0.3, -0.25) is 14.6 Å². The van der Waals surface area contributed by atoms with Gasteiger partial charge in [-0.2, -0.15) is 0 Å². The number of aromatic nitrogens is 2. The third-order valence-corrected chi connectivity index (χ3v) is 6.32. The van der Waals surface area contributed by atoms with Gasteiger partial charge in [-0.15, -0.1) is 11.3 Å². The summed E-state index contributed by atoms with van der Waals surface area (Å²) < 4.78 is 0. The summed E-state index contributed by atoms with van der Waals surface area (Å²) in [5.74, 6) is -0.434. The smallest absolute Gasteiger partial charge is 0.243 e. The molecule has 2 heterocycles. The van der Waals surface area contributed by atoms with Crippen LogP contribution in [0.2, 0.25) is 0 Å². The number of rotatable bonds is 10. The highest BCUT2D eigenvalue weighted by atomic mass is 32.1. The quantitative estimate of drug-likeness (QED) is 0.439. The first-order valence-corrected chi connectivity index (χ1v) is 11.5. The van der Waals surface area contributed by atoms with Gasteiger partial charge in [0.2, 0.25) is 11.8 Å². The zero-order chi connectivity index (χ0) is 22.9. The van der Waals surface area contributed by atoms with Crippen molar-refractivity contribution in [2.24, 2.45) is 5.73 Å². The van der Waals surface area contributed by atoms with Crippen molar-refractivity contribution < 1.29 is 9.59 Å². The van der Waals surface area contributed by atoms with E-state index < -0.39 is 6.04 Å². The maximum atomic E-state index is 13.1. The van der Waals surface area contributed by atoms with Gasteiger partial charge in [0.05, 0.1) is 15.6 Å². The normalized spacial score (nSPS) is 12.7. The third kappa shape index (κ3) is 6.45. The first kappa shape index (κ1) is 23.6. The summed E-state index contributed by atoms with van der Waals surface area (Å²) >= 11 is 1.53. The molecule has 0 aliphatic rings. The molecular weight excluding hydrogens is 422 g/mol. The molecule has 3 rings (SSSR count). The van der Waals surface area contributed by atoms with Crippen LogP contribution in [0.25, 0.3) is 10.4 Å². The summed E-state index contributed by atoms with van der Waals surface area (Å²) in [4.78, 5) is 35.0. The van der Waals surface area contributed by atoms with Gasteiger partial charge in [-0.25, -0.2) is 4.98 Å². The van der Waals surface area contributed by atoms with Crippen LogP contribution in [-0.2, 0) is 22.4 Å². The molecule has 0 aliphatic carbocycles. The van der Waals surface area contributed by atoms with E-state index in [1.807, 2.05) is 49.4 Å². The summed E-state index contributed by atoms with van der Waals surface area (Å²) in [6.07, 6.45) is 4.72. The Kier molecular flexibility index (Phi) is 8.47. The minimum atomic E-state index is -0.719. The molecule has 0 aliphatic heterocycles. The predicted molar refractivity (Wildman–Crippen MR) is 127 cm³/mol. The van der Waals surface area contributed by atoms with E-state index in [-0.39, 0.29) is 17.9 Å². The van der Waals surface area contributed by atoms with Crippen LogP contribution in [0.4, 0.5) is 0 Å². The molecule has 168 valence electrons. The molecule has 1 aromatic carbocycles. The monoisotopic (exact) mass is 451 g/mol. The molecule has 2 aromatic heterocycles. The number of benzene rings is 1. The number of amides is 2. The Labute approximate surface area is 192 Å². The van der Waals surface area contributed by atoms with Crippen molar-refractivity contribution in [3.63, 3.8) is 0 Å². The number of carbonyl (C=O) groups is 2. The number of hydrogen-bond donors (Lipinski definition) is 3. The lowest BCUT2D eigenvalue weighted by Crippen LogP contribution is -2.52. The number of hydrogen-bond acceptors (Lipinski definition) is 6. The van der Waals surface area contributed by atoms with Gasteiger partial charge in [0.25, 0.3) is 0 Å². The first-order valence-electron chi connectivity index (χ1n) is 10.7. The molecule has 0 saturated heterocycles. The lowest BCUT2D eigenvalue weighted by atomic mass is 10.1. The van der Waals surface area contributed by atoms with E-state index in [2.05, 4.69) is 20.6 Å². The van der Waals surface area contributed by atoms with Gasteiger partial charge in [0.15, 0.2) is 0 Å². The lowest BCUT2D eigenvalue weighted by molar-refractivity contribution is -0.129. The summed E-state index contributed by atoms with van der Waals surface area (Å²) in [5, 5.41) is 6.64. The van der Waals surface area contributed by atoms with E-state index in [4.69, 9.17) is 5.73 Å². The largest absolute Gasteiger partial charge is 0.350 e. The Bertz CT molecular complexity index is 1020. The topological polar surface area (TPSA) is 110 Å². The zero-order valence-corrected chi connectivity index (χ0v) is 19.2. The van der Waals surface area contributed by atoms with Crippen LogP contribution < -0.4 is 16.4 Å². The highest BCUT2D eigenvalue weighted by Gasteiger charge is 2.25. The fraction of sp³-hybridized carbons (Fsp3) is 0.333. The van der Waals surface area contributed by atoms with Gasteiger partial charge in [-0.05, 0) is 36.6 Å². The highest BCUT2D eigenvalue weighted by Crippen LogP contribution is 2.30. The number of thiazole rings is 1. The SMILES string of the molecule is CCC(=O)N[C@@H](Cc1nc(C)c(-c2ccncc2)s1)C(=O)N[C@H](CN)Cc1ccccc1. The van der Waals surface area contributed by atoms with E-state index >= 15 is 0 Å². The molecule has 0 bridgehead atoms. The van der Waals surface area contributed by atoms with Crippen molar-refractivity contribution in [2.45, 2.75) is 45.2 Å². The van der Waals surface area contributed by atoms with Crippen molar-refractivity contribution in [3.8, 4) is 10.4 Å². The standard InChI is InChI=1S/C24H29N5O2S/c1-3-21(30)29-20(24(31)28-19(15-25)13-17-7-5-4-6-8-17)14-22-27-16(2)23(32-22)18-9-11-26-12-10-18/h4-12,19-20H,3,13-15,25H2,1-2H3,(H,28,31)(H,29,30)/t19-,20-/m0/s1. The van der Waals surface area contributed by atoms with Gasteiger partial charge in [-0.1, -0.05) is 37.3 Å². The maximum Gasteiger partial charge on any atom is 0.243 e. The lowest BCUT2D eigenvalue weighted by Gasteiger charge is -2.22. The van der Waals surface area contributed by atoms with E-state index in [0.717, 1.165) is 26.7 Å². The number of nitrogens with zero attached hydrogens (tertiary/aromatic N) is 2. The second-order valence-corrected chi connectivity index (χ2v) is 8.65. The average Bonchev–Trinajstić information content (AvgIpc) is 3.19. The Morgan fingerprint density at radius 2 is 1.78 bits per heavy atom. The van der Waals surface area contributed by atoms with Crippen LogP contribution in [0.5, 0.6) is 0 Å². The number of nitrogens with one attached hydrogen (secondary N) is 2. The Morgan fingerprint density at radius 1 is 1.06 bits per heavy atom. The van der Waals surface area contributed by atoms with E-state index in [9.17, 15) is 9.59 Å². The summed E-state index contributed by atoms with van der Waals surface area (Å²) in [6.45, 7) is 4.01. The molecule has 32 heavy (non-hydrogen) atoms. The molecule has 0 fully saturated rings. The Morgan fingerprint density at radius 3 is 2.44 bits per heavy atom. The molecule has 7 nitrogen and oxygen atoms in total. The van der Waals surface area contributed by atoms with Crippen LogP contribution in [0.3, 0.4) is 0 Å². The fourth-order valence-corrected chi connectivity index (χ4v) is 4.50. The number of nitrogens with two attached hydrogens (primary N) is 1. The van der Waals surface area contributed by atoms with Crippen LogP contribution in [0.1, 0.15) is 29.6 Å². The fourth-order valence-electron chi connectivity index (χ4n) is 3.38. The molecule has 3 aromatic rings. The maximum absolute atomic E-state index is 13.1. The molecule has 8 heteroatoms. The van der Waals surface area contributed by atoms with Crippen molar-refractivity contribution in [1.82, 2.24) is 20.6 Å². The Balaban J connectivity index is 1.74. The van der Waals surface area contributed by atoms with Crippen LogP contribution in [-0.4, -0.2) is 40.4 Å². The molecule has 0 unspecified atom stereocenters. The summed E-state index contributed by atoms with van der Waals surface area (Å²) in [7, 11) is 0. The van der Waals surface area contributed by atoms with Gasteiger partial charge in [0.1, 0.15) is 6.04 Å². The zero-order valence-electron chi connectivity index (χ0n) is 18.4. The van der Waals surface area contributed by atoms with Crippen LogP contribution in [0, 0.1) is 6.92 Å². The van der Waals surface area contributed by atoms with Crippen LogP contribution in [0.15, 0.2) is 54.9 Å².